The fourth-order valence-electron chi connectivity index (χ4n) is 3.75. The second-order valence-electron chi connectivity index (χ2n) is 7.54. The van der Waals surface area contributed by atoms with Gasteiger partial charge in [0.1, 0.15) is 0 Å². The summed E-state index contributed by atoms with van der Waals surface area (Å²) in [5, 5.41) is 0. The Morgan fingerprint density at radius 3 is 1.63 bits per heavy atom. The van der Waals surface area contributed by atoms with E-state index in [1.165, 1.54) is 0 Å². The number of hydrogen-bond donors (Lipinski definition) is 0. The van der Waals surface area contributed by atoms with Crippen molar-refractivity contribution in [3.63, 3.8) is 0 Å². The first-order chi connectivity index (χ1) is 12.9. The Hall–Kier alpha value is -1.86. The zero-order valence-electron chi connectivity index (χ0n) is 16.6. The number of rotatable bonds is 4. The standard InChI is InChI=1S/C20H30N2O5/c1-5-15-11-21(9-13(3)25-15)19(23)17-7-8-18(27-17)20(24)22-10-14(4)26-16(6-2)12-22/h7-8,13-16H,5-6,9-12H2,1-4H3/t13-,14+,15-,16+. The number of carbonyl (C=O) groups is 2. The lowest BCUT2D eigenvalue weighted by molar-refractivity contribution is -0.0693. The molecule has 2 saturated heterocycles. The molecule has 0 radical (unpaired) electrons. The predicted molar refractivity (Wildman–Crippen MR) is 99.8 cm³/mol. The average molecular weight is 378 g/mol. The van der Waals surface area contributed by atoms with Gasteiger partial charge in [-0.3, -0.25) is 9.59 Å². The van der Waals surface area contributed by atoms with Crippen LogP contribution in [0.15, 0.2) is 16.5 Å². The molecule has 150 valence electrons. The summed E-state index contributed by atoms with van der Waals surface area (Å²) in [6.07, 6.45) is 1.76. The lowest BCUT2D eigenvalue weighted by Crippen LogP contribution is -2.49. The minimum atomic E-state index is -0.190. The molecule has 0 unspecified atom stereocenters. The van der Waals surface area contributed by atoms with Crippen LogP contribution in [0.4, 0.5) is 0 Å². The molecule has 3 rings (SSSR count). The first-order valence-corrected chi connectivity index (χ1v) is 9.90. The van der Waals surface area contributed by atoms with Gasteiger partial charge in [0.25, 0.3) is 11.8 Å². The quantitative estimate of drug-likeness (QED) is 0.805. The summed E-state index contributed by atoms with van der Waals surface area (Å²) >= 11 is 0. The van der Waals surface area contributed by atoms with Gasteiger partial charge in [0, 0.05) is 26.2 Å². The fraction of sp³-hybridized carbons (Fsp3) is 0.700. The zero-order valence-corrected chi connectivity index (χ0v) is 16.6. The molecule has 2 aliphatic heterocycles. The monoisotopic (exact) mass is 378 g/mol. The molecule has 7 nitrogen and oxygen atoms in total. The van der Waals surface area contributed by atoms with Crippen molar-refractivity contribution in [1.29, 1.82) is 0 Å². The van der Waals surface area contributed by atoms with Crippen LogP contribution in [0.3, 0.4) is 0 Å². The van der Waals surface area contributed by atoms with Crippen molar-refractivity contribution in [3.8, 4) is 0 Å². The maximum absolute atomic E-state index is 12.8. The van der Waals surface area contributed by atoms with Crippen molar-refractivity contribution in [2.45, 2.75) is 65.0 Å². The van der Waals surface area contributed by atoms with Crippen molar-refractivity contribution in [3.05, 3.63) is 23.7 Å². The molecule has 0 aromatic carbocycles. The van der Waals surface area contributed by atoms with E-state index >= 15 is 0 Å². The van der Waals surface area contributed by atoms with Crippen LogP contribution in [-0.2, 0) is 9.47 Å². The summed E-state index contributed by atoms with van der Waals surface area (Å²) in [4.78, 5) is 29.1. The molecule has 2 aliphatic rings. The summed E-state index contributed by atoms with van der Waals surface area (Å²) in [6, 6.07) is 3.19. The van der Waals surface area contributed by atoms with Crippen molar-refractivity contribution >= 4 is 11.8 Å². The molecule has 7 heteroatoms. The first kappa shape index (κ1) is 19.9. The molecule has 0 aliphatic carbocycles. The third-order valence-corrected chi connectivity index (χ3v) is 5.17. The lowest BCUT2D eigenvalue weighted by Gasteiger charge is -2.36. The van der Waals surface area contributed by atoms with Crippen LogP contribution in [0, 0.1) is 0 Å². The molecule has 0 bridgehead atoms. The van der Waals surface area contributed by atoms with E-state index in [1.807, 2.05) is 27.7 Å². The molecule has 3 heterocycles. The zero-order chi connectivity index (χ0) is 19.6. The van der Waals surface area contributed by atoms with Gasteiger partial charge >= 0.3 is 0 Å². The number of carbonyl (C=O) groups excluding carboxylic acids is 2. The number of amides is 2. The van der Waals surface area contributed by atoms with Gasteiger partial charge in [-0.25, -0.2) is 0 Å². The topological polar surface area (TPSA) is 72.2 Å². The number of furan rings is 1. The average Bonchev–Trinajstić information content (AvgIpc) is 3.15. The smallest absolute Gasteiger partial charge is 0.289 e. The number of nitrogens with zero attached hydrogens (tertiary/aromatic N) is 2. The number of hydrogen-bond acceptors (Lipinski definition) is 5. The van der Waals surface area contributed by atoms with E-state index in [4.69, 9.17) is 13.9 Å². The van der Waals surface area contributed by atoms with Gasteiger partial charge in [0.05, 0.1) is 24.4 Å². The summed E-state index contributed by atoms with van der Waals surface area (Å²) in [6.45, 7) is 10.2. The summed E-state index contributed by atoms with van der Waals surface area (Å²) in [5.74, 6) is 0.0279. The molecular formula is C20H30N2O5. The molecule has 1 aromatic rings. The highest BCUT2D eigenvalue weighted by Gasteiger charge is 2.32. The molecule has 4 atom stereocenters. The molecule has 0 saturated carbocycles. The molecule has 0 spiro atoms. The Kier molecular flexibility index (Phi) is 6.22. The van der Waals surface area contributed by atoms with Gasteiger partial charge in [-0.15, -0.1) is 0 Å². The van der Waals surface area contributed by atoms with Crippen molar-refractivity contribution < 1.29 is 23.5 Å². The maximum Gasteiger partial charge on any atom is 0.289 e. The van der Waals surface area contributed by atoms with E-state index in [-0.39, 0.29) is 47.8 Å². The van der Waals surface area contributed by atoms with Gasteiger partial charge in [0.2, 0.25) is 0 Å². The Morgan fingerprint density at radius 1 is 0.852 bits per heavy atom. The molecule has 27 heavy (non-hydrogen) atoms. The lowest BCUT2D eigenvalue weighted by atomic mass is 10.1. The fourth-order valence-corrected chi connectivity index (χ4v) is 3.75. The van der Waals surface area contributed by atoms with E-state index < -0.39 is 0 Å². The minimum absolute atomic E-state index is 0.00970. The van der Waals surface area contributed by atoms with Crippen LogP contribution in [0.2, 0.25) is 0 Å². The molecule has 2 amide bonds. The largest absolute Gasteiger partial charge is 0.446 e. The number of ether oxygens (including phenoxy) is 2. The highest BCUT2D eigenvalue weighted by molar-refractivity contribution is 5.95. The van der Waals surface area contributed by atoms with Crippen LogP contribution in [-0.4, -0.2) is 72.2 Å². The Labute approximate surface area is 160 Å². The molecule has 1 aromatic heterocycles. The van der Waals surface area contributed by atoms with Crippen LogP contribution in [0.1, 0.15) is 61.6 Å². The predicted octanol–water partition coefficient (Wildman–Crippen LogP) is 2.56. The van der Waals surface area contributed by atoms with Crippen LogP contribution >= 0.6 is 0 Å². The van der Waals surface area contributed by atoms with E-state index in [2.05, 4.69) is 0 Å². The third-order valence-electron chi connectivity index (χ3n) is 5.17. The first-order valence-electron chi connectivity index (χ1n) is 9.90. The summed E-state index contributed by atoms with van der Waals surface area (Å²) in [7, 11) is 0. The van der Waals surface area contributed by atoms with Crippen molar-refractivity contribution in [2.24, 2.45) is 0 Å². The summed E-state index contributed by atoms with van der Waals surface area (Å²) in [5.41, 5.74) is 0. The second kappa shape index (κ2) is 8.44. The Bertz CT molecular complexity index is 619. The molecule has 2 fully saturated rings. The SMILES string of the molecule is CC[C@@H]1CN(C(=O)c2ccc(C(=O)N3C[C@H](CC)O[C@@H](C)C3)o2)C[C@@H](C)O1. The minimum Gasteiger partial charge on any atom is -0.446 e. The molecular weight excluding hydrogens is 348 g/mol. The van der Waals surface area contributed by atoms with Crippen molar-refractivity contribution in [1.82, 2.24) is 9.80 Å². The van der Waals surface area contributed by atoms with E-state index in [0.29, 0.717) is 26.2 Å². The normalized spacial score (nSPS) is 29.0. The van der Waals surface area contributed by atoms with Crippen LogP contribution in [0.25, 0.3) is 0 Å². The van der Waals surface area contributed by atoms with E-state index in [9.17, 15) is 9.59 Å². The van der Waals surface area contributed by atoms with Gasteiger partial charge in [-0.05, 0) is 38.8 Å². The van der Waals surface area contributed by atoms with E-state index in [1.54, 1.807) is 21.9 Å². The van der Waals surface area contributed by atoms with Crippen molar-refractivity contribution in [2.75, 3.05) is 26.2 Å². The highest BCUT2D eigenvalue weighted by atomic mass is 16.5. The van der Waals surface area contributed by atoms with Gasteiger partial charge in [0.15, 0.2) is 11.5 Å². The van der Waals surface area contributed by atoms with Gasteiger partial charge < -0.3 is 23.7 Å². The van der Waals surface area contributed by atoms with Crippen LogP contribution < -0.4 is 0 Å². The van der Waals surface area contributed by atoms with E-state index in [0.717, 1.165) is 12.8 Å². The van der Waals surface area contributed by atoms with Gasteiger partial charge in [-0.1, -0.05) is 13.8 Å². The summed E-state index contributed by atoms with van der Waals surface area (Å²) < 4.78 is 17.3. The number of morpholine rings is 2. The van der Waals surface area contributed by atoms with Gasteiger partial charge in [-0.2, -0.15) is 0 Å². The maximum atomic E-state index is 12.8. The third kappa shape index (κ3) is 4.52. The Morgan fingerprint density at radius 2 is 1.26 bits per heavy atom. The second-order valence-corrected chi connectivity index (χ2v) is 7.54. The Balaban J connectivity index is 1.68. The molecule has 0 N–H and O–H groups in total. The van der Waals surface area contributed by atoms with Crippen LogP contribution in [0.5, 0.6) is 0 Å². The highest BCUT2D eigenvalue weighted by Crippen LogP contribution is 2.20.